The van der Waals surface area contributed by atoms with Crippen molar-refractivity contribution < 1.29 is 28.5 Å². The van der Waals surface area contributed by atoms with E-state index in [1.165, 1.54) is 37.0 Å². The van der Waals surface area contributed by atoms with Crippen LogP contribution in [0.3, 0.4) is 0 Å². The molecule has 1 amide bonds. The first-order valence-electron chi connectivity index (χ1n) is 11.3. The zero-order valence-corrected chi connectivity index (χ0v) is 19.1. The zero-order valence-electron chi connectivity index (χ0n) is 19.1. The molecule has 1 aromatic rings. The highest BCUT2D eigenvalue weighted by Gasteiger charge is 2.25. The summed E-state index contributed by atoms with van der Waals surface area (Å²) in [6.45, 7) is 1.73. The van der Waals surface area contributed by atoms with Gasteiger partial charge in [0.25, 0.3) is 0 Å². The van der Waals surface area contributed by atoms with Crippen LogP contribution in [0.4, 0.5) is 0 Å². The summed E-state index contributed by atoms with van der Waals surface area (Å²) in [6.07, 6.45) is 10.5. The lowest BCUT2D eigenvalue weighted by atomic mass is 10.1. The summed E-state index contributed by atoms with van der Waals surface area (Å²) in [5, 5.41) is 0. The minimum atomic E-state index is -0.600. The third kappa shape index (κ3) is 10.4. The van der Waals surface area contributed by atoms with E-state index in [2.05, 4.69) is 4.98 Å². The Morgan fingerprint density at radius 3 is 2.45 bits per heavy atom. The van der Waals surface area contributed by atoms with Crippen molar-refractivity contribution in [3.05, 3.63) is 24.0 Å². The van der Waals surface area contributed by atoms with Gasteiger partial charge in [0.15, 0.2) is 6.23 Å². The van der Waals surface area contributed by atoms with Gasteiger partial charge in [-0.25, -0.2) is 0 Å². The summed E-state index contributed by atoms with van der Waals surface area (Å²) >= 11 is 0. The largest absolute Gasteiger partial charge is 0.493 e. The predicted molar refractivity (Wildman–Crippen MR) is 117 cm³/mol. The average molecular weight is 439 g/mol. The van der Waals surface area contributed by atoms with Crippen LogP contribution >= 0.6 is 0 Å². The molecule has 2 rings (SSSR count). The zero-order chi connectivity index (χ0) is 22.2. The Balaban J connectivity index is 2.08. The fourth-order valence-electron chi connectivity index (χ4n) is 3.47. The predicted octanol–water partition coefficient (Wildman–Crippen LogP) is 3.53. The summed E-state index contributed by atoms with van der Waals surface area (Å²) in [6, 6.07) is 3.65. The van der Waals surface area contributed by atoms with Crippen molar-refractivity contribution in [3.8, 4) is 5.75 Å². The van der Waals surface area contributed by atoms with Crippen molar-refractivity contribution in [2.24, 2.45) is 0 Å². The Kier molecular flexibility index (Phi) is 13.1. The molecular weight excluding hydrogens is 400 g/mol. The van der Waals surface area contributed by atoms with Gasteiger partial charge < -0.3 is 23.7 Å². The van der Waals surface area contributed by atoms with E-state index in [0.717, 1.165) is 25.0 Å². The van der Waals surface area contributed by atoms with Crippen molar-refractivity contribution in [1.82, 2.24) is 9.88 Å². The molecule has 0 N–H and O–H groups in total. The van der Waals surface area contributed by atoms with E-state index in [1.807, 2.05) is 12.1 Å². The molecule has 1 atom stereocenters. The summed E-state index contributed by atoms with van der Waals surface area (Å²) in [5.74, 6) is 0.576. The van der Waals surface area contributed by atoms with Crippen LogP contribution in [-0.4, -0.2) is 69.6 Å². The first-order valence-corrected chi connectivity index (χ1v) is 11.3. The maximum absolute atomic E-state index is 13.0. The van der Waals surface area contributed by atoms with E-state index in [1.54, 1.807) is 20.4 Å². The quantitative estimate of drug-likeness (QED) is 0.651. The van der Waals surface area contributed by atoms with E-state index in [-0.39, 0.29) is 32.5 Å². The van der Waals surface area contributed by atoms with Gasteiger partial charge in [0, 0.05) is 33.1 Å². The van der Waals surface area contributed by atoms with Crippen LogP contribution in [0.2, 0.25) is 0 Å². The summed E-state index contributed by atoms with van der Waals surface area (Å²) < 4.78 is 27.7. The molecule has 0 spiro atoms. The molecule has 176 valence electrons. The molecule has 8 heteroatoms. The Morgan fingerprint density at radius 2 is 1.74 bits per heavy atom. The Hall–Kier alpha value is -1.74. The second kappa shape index (κ2) is 16.0. The number of pyridine rings is 1. The minimum Gasteiger partial charge on any atom is -0.493 e. The highest BCUT2D eigenvalue weighted by Crippen LogP contribution is 2.15. The van der Waals surface area contributed by atoms with Gasteiger partial charge in [0.1, 0.15) is 19.3 Å². The molecule has 0 aliphatic carbocycles. The maximum Gasteiger partial charge on any atom is 0.232 e. The molecule has 2 heterocycles. The standard InChI is InChI=1S/C23H38N2O6/c1-27-18-25-22(26)16-20-15-21(11-12-24-20)30-14-10-8-6-4-3-5-7-9-13-29-17-23(25)31-19-28-2/h11-12,15,23H,3-10,13-14,16-19H2,1-2H3/t23-/m1/s1. The number of methoxy groups -OCH3 is 2. The van der Waals surface area contributed by atoms with Crippen molar-refractivity contribution >= 4 is 5.91 Å². The second-order valence-electron chi connectivity index (χ2n) is 7.72. The van der Waals surface area contributed by atoms with Crippen LogP contribution in [0, 0.1) is 0 Å². The van der Waals surface area contributed by atoms with Crippen LogP contribution < -0.4 is 4.74 Å². The van der Waals surface area contributed by atoms with Gasteiger partial charge >= 0.3 is 0 Å². The SMILES string of the molecule is COCO[C@@H]1COCCCCCCCCCCOc2ccnc(c2)CC(=O)N1COC. The number of hydrogen-bond acceptors (Lipinski definition) is 7. The summed E-state index contributed by atoms with van der Waals surface area (Å²) in [5.41, 5.74) is 0.643. The van der Waals surface area contributed by atoms with Crippen molar-refractivity contribution in [1.29, 1.82) is 0 Å². The fraction of sp³-hybridized carbons (Fsp3) is 0.739. The molecule has 0 saturated carbocycles. The summed E-state index contributed by atoms with van der Waals surface area (Å²) in [4.78, 5) is 18.9. The van der Waals surface area contributed by atoms with Gasteiger partial charge in [0.05, 0.1) is 25.3 Å². The molecule has 1 aliphatic rings. The topological polar surface area (TPSA) is 79.3 Å². The van der Waals surface area contributed by atoms with Gasteiger partial charge in [-0.3, -0.25) is 14.7 Å². The lowest BCUT2D eigenvalue weighted by molar-refractivity contribution is -0.184. The smallest absolute Gasteiger partial charge is 0.232 e. The van der Waals surface area contributed by atoms with E-state index in [4.69, 9.17) is 23.7 Å². The maximum atomic E-state index is 13.0. The Morgan fingerprint density at radius 1 is 1.03 bits per heavy atom. The molecule has 1 aliphatic heterocycles. The van der Waals surface area contributed by atoms with E-state index < -0.39 is 6.23 Å². The number of rotatable bonds is 5. The molecule has 1 aromatic heterocycles. The highest BCUT2D eigenvalue weighted by atomic mass is 16.7. The fourth-order valence-corrected chi connectivity index (χ4v) is 3.47. The first kappa shape index (κ1) is 25.5. The number of carbonyl (C=O) groups is 1. The van der Waals surface area contributed by atoms with Crippen LogP contribution in [0.5, 0.6) is 5.75 Å². The number of carbonyl (C=O) groups excluding carboxylic acids is 1. The van der Waals surface area contributed by atoms with E-state index in [0.29, 0.717) is 18.9 Å². The van der Waals surface area contributed by atoms with Gasteiger partial charge in [-0.05, 0) is 18.9 Å². The van der Waals surface area contributed by atoms with E-state index >= 15 is 0 Å². The monoisotopic (exact) mass is 438 g/mol. The molecule has 8 nitrogen and oxygen atoms in total. The number of ether oxygens (including phenoxy) is 5. The van der Waals surface area contributed by atoms with Crippen molar-refractivity contribution in [3.63, 3.8) is 0 Å². The van der Waals surface area contributed by atoms with Crippen LogP contribution in [0.25, 0.3) is 0 Å². The molecular formula is C23H38N2O6. The number of amides is 1. The third-order valence-electron chi connectivity index (χ3n) is 5.15. The molecule has 0 fully saturated rings. The molecule has 2 bridgehead atoms. The van der Waals surface area contributed by atoms with Gasteiger partial charge in [-0.1, -0.05) is 38.5 Å². The number of nitrogens with zero attached hydrogens (tertiary/aromatic N) is 2. The Labute approximate surface area is 186 Å². The average Bonchev–Trinajstić information content (AvgIpc) is 2.77. The lowest BCUT2D eigenvalue weighted by Crippen LogP contribution is -2.46. The molecule has 0 saturated heterocycles. The van der Waals surface area contributed by atoms with Crippen LogP contribution in [-0.2, 0) is 30.2 Å². The molecule has 0 radical (unpaired) electrons. The van der Waals surface area contributed by atoms with Gasteiger partial charge in [-0.2, -0.15) is 0 Å². The first-order chi connectivity index (χ1) is 15.2. The van der Waals surface area contributed by atoms with Crippen molar-refractivity contribution in [2.45, 2.75) is 64.0 Å². The van der Waals surface area contributed by atoms with Crippen molar-refractivity contribution in [2.75, 3.05) is 47.6 Å². The summed E-state index contributed by atoms with van der Waals surface area (Å²) in [7, 11) is 3.09. The van der Waals surface area contributed by atoms with Gasteiger partial charge in [0.2, 0.25) is 5.91 Å². The molecule has 31 heavy (non-hydrogen) atoms. The third-order valence-corrected chi connectivity index (χ3v) is 5.15. The van der Waals surface area contributed by atoms with Crippen LogP contribution in [0.1, 0.15) is 57.1 Å². The van der Waals surface area contributed by atoms with Gasteiger partial charge in [-0.15, -0.1) is 0 Å². The van der Waals surface area contributed by atoms with E-state index in [9.17, 15) is 4.79 Å². The Bertz CT molecular complexity index is 615. The normalized spacial score (nSPS) is 20.8. The second-order valence-corrected chi connectivity index (χ2v) is 7.72. The number of fused-ring (bicyclic) bond motifs is 2. The highest BCUT2D eigenvalue weighted by molar-refractivity contribution is 5.78. The lowest BCUT2D eigenvalue weighted by Gasteiger charge is -2.30. The number of hydrogen-bond donors (Lipinski definition) is 0. The number of aromatic nitrogens is 1. The minimum absolute atomic E-state index is 0.0586. The molecule has 0 unspecified atom stereocenters. The van der Waals surface area contributed by atoms with Crippen LogP contribution in [0.15, 0.2) is 18.3 Å². The molecule has 0 aromatic carbocycles.